The van der Waals surface area contributed by atoms with Crippen LogP contribution in [0.5, 0.6) is 0 Å². The van der Waals surface area contributed by atoms with Crippen LogP contribution in [0.2, 0.25) is 0 Å². The third-order valence-corrected chi connectivity index (χ3v) is 6.84. The van der Waals surface area contributed by atoms with Crippen LogP contribution in [0, 0.1) is 0 Å². The second-order valence-corrected chi connectivity index (χ2v) is 9.82. The Morgan fingerprint density at radius 1 is 0.974 bits per heavy atom. The maximum atomic E-state index is 12.7. The molecule has 1 heterocycles. The number of hydrogen-bond acceptors (Lipinski definition) is 7. The number of unbranched alkanes of at least 4 members (excludes halogenated alkanes) is 9. The number of carbonyl (C=O) groups excluding carboxylic acids is 4. The highest BCUT2D eigenvalue weighted by Gasteiger charge is 2.34. The van der Waals surface area contributed by atoms with Crippen LogP contribution in [0.1, 0.15) is 98.3 Å². The Labute approximate surface area is 231 Å². The molecular formula is C28H41N3O6S. The van der Waals surface area contributed by atoms with E-state index in [4.69, 9.17) is 17.0 Å². The van der Waals surface area contributed by atoms with E-state index in [9.17, 15) is 19.2 Å². The number of nitrogens with one attached hydrogen (secondary N) is 2. The van der Waals surface area contributed by atoms with Crippen molar-refractivity contribution >= 4 is 41.1 Å². The monoisotopic (exact) mass is 547 g/mol. The van der Waals surface area contributed by atoms with E-state index in [0.29, 0.717) is 25.3 Å². The molecule has 1 aliphatic rings. The summed E-state index contributed by atoms with van der Waals surface area (Å²) in [6.45, 7) is 3.24. The molecule has 38 heavy (non-hydrogen) atoms. The minimum atomic E-state index is -0.863. The van der Waals surface area contributed by atoms with Crippen LogP contribution in [0.25, 0.3) is 0 Å². The van der Waals surface area contributed by atoms with Crippen molar-refractivity contribution in [3.8, 4) is 0 Å². The normalized spacial score (nSPS) is 14.9. The summed E-state index contributed by atoms with van der Waals surface area (Å²) in [6.07, 6.45) is 11.7. The first-order valence-corrected chi connectivity index (χ1v) is 14.0. The molecule has 1 aromatic carbocycles. The second-order valence-electron chi connectivity index (χ2n) is 9.44. The van der Waals surface area contributed by atoms with Crippen molar-refractivity contribution < 1.29 is 28.7 Å². The van der Waals surface area contributed by atoms with Crippen molar-refractivity contribution in [3.63, 3.8) is 0 Å². The summed E-state index contributed by atoms with van der Waals surface area (Å²) in [5.41, 5.74) is 0.602. The number of methoxy groups -OCH3 is 1. The number of amides is 2. The van der Waals surface area contributed by atoms with Crippen molar-refractivity contribution in [1.29, 1.82) is 0 Å². The maximum Gasteiger partial charge on any atom is 0.337 e. The summed E-state index contributed by atoms with van der Waals surface area (Å²) in [5, 5.41) is 5.40. The van der Waals surface area contributed by atoms with Gasteiger partial charge < -0.3 is 19.7 Å². The smallest absolute Gasteiger partial charge is 0.337 e. The van der Waals surface area contributed by atoms with Gasteiger partial charge in [0.05, 0.1) is 25.7 Å². The number of benzene rings is 1. The summed E-state index contributed by atoms with van der Waals surface area (Å²) in [6, 6.07) is 5.06. The molecule has 1 aliphatic heterocycles. The van der Waals surface area contributed by atoms with Crippen LogP contribution in [-0.4, -0.2) is 66.6 Å². The number of rotatable bonds is 15. The number of carbonyl (C=O) groups is 4. The van der Waals surface area contributed by atoms with Gasteiger partial charge >= 0.3 is 11.9 Å². The Morgan fingerprint density at radius 3 is 2.16 bits per heavy atom. The van der Waals surface area contributed by atoms with E-state index in [-0.39, 0.29) is 23.0 Å². The zero-order chi connectivity index (χ0) is 27.8. The molecule has 0 radical (unpaired) electrons. The number of thiocarbonyl (C=S) groups is 1. The predicted octanol–water partition coefficient (Wildman–Crippen LogP) is 4.14. The van der Waals surface area contributed by atoms with Crippen LogP contribution >= 0.6 is 12.2 Å². The second kappa shape index (κ2) is 17.5. The van der Waals surface area contributed by atoms with Gasteiger partial charge in [0.15, 0.2) is 5.11 Å². The van der Waals surface area contributed by atoms with Crippen molar-refractivity contribution in [2.75, 3.05) is 26.8 Å². The highest BCUT2D eigenvalue weighted by Crippen LogP contribution is 2.13. The first-order chi connectivity index (χ1) is 18.4. The van der Waals surface area contributed by atoms with Crippen molar-refractivity contribution in [2.45, 2.75) is 83.6 Å². The van der Waals surface area contributed by atoms with Gasteiger partial charge in [-0.15, -0.1) is 0 Å². The fraction of sp³-hybridized carbons (Fsp3) is 0.607. The summed E-state index contributed by atoms with van der Waals surface area (Å²) in [5.74, 6) is -1.80. The van der Waals surface area contributed by atoms with Gasteiger partial charge in [0, 0.05) is 18.7 Å². The van der Waals surface area contributed by atoms with Crippen LogP contribution < -0.4 is 10.6 Å². The first kappa shape index (κ1) is 31.2. The van der Waals surface area contributed by atoms with E-state index >= 15 is 0 Å². The Hall–Kier alpha value is -3.01. The number of esters is 2. The molecule has 1 atom stereocenters. The van der Waals surface area contributed by atoms with E-state index in [2.05, 4.69) is 22.3 Å². The Morgan fingerprint density at radius 2 is 1.55 bits per heavy atom. The lowest BCUT2D eigenvalue weighted by Crippen LogP contribution is -2.60. The van der Waals surface area contributed by atoms with Gasteiger partial charge in [0.2, 0.25) is 5.91 Å². The lowest BCUT2D eigenvalue weighted by Gasteiger charge is -2.36. The highest BCUT2D eigenvalue weighted by atomic mass is 32.1. The Bertz CT molecular complexity index is 937. The standard InChI is InChI=1S/C28H41N3O6S/c1-3-4-5-6-7-8-9-10-11-12-19-37-24(32)20-23-26(34)29-17-18-31(23)28(38)30-25(33)21-13-15-22(16-14-21)27(35)36-2/h13-16,23H,3-12,17-20H2,1-2H3,(H,29,34)(H,30,33,38). The average molecular weight is 548 g/mol. The summed E-state index contributed by atoms with van der Waals surface area (Å²) in [7, 11) is 1.28. The Kier molecular flexibility index (Phi) is 14.4. The fourth-order valence-corrected chi connectivity index (χ4v) is 4.58. The number of ether oxygens (including phenoxy) is 2. The largest absolute Gasteiger partial charge is 0.466 e. The van der Waals surface area contributed by atoms with Crippen molar-refractivity contribution in [3.05, 3.63) is 35.4 Å². The molecule has 0 bridgehead atoms. The molecule has 0 aromatic heterocycles. The molecule has 1 unspecified atom stereocenters. The number of nitrogens with zero attached hydrogens (tertiary/aromatic N) is 1. The lowest BCUT2D eigenvalue weighted by atomic mass is 10.1. The van der Waals surface area contributed by atoms with E-state index < -0.39 is 23.9 Å². The number of piperazine rings is 1. The molecule has 0 aliphatic carbocycles. The zero-order valence-electron chi connectivity index (χ0n) is 22.6. The minimum absolute atomic E-state index is 0.0504. The van der Waals surface area contributed by atoms with Crippen LogP contribution in [0.3, 0.4) is 0 Å². The first-order valence-electron chi connectivity index (χ1n) is 13.6. The number of hydrogen-bond donors (Lipinski definition) is 2. The van der Waals surface area contributed by atoms with E-state index in [0.717, 1.165) is 19.3 Å². The average Bonchev–Trinajstić information content (AvgIpc) is 2.92. The quantitative estimate of drug-likeness (QED) is 0.191. The molecule has 1 saturated heterocycles. The molecule has 2 amide bonds. The van der Waals surface area contributed by atoms with Crippen LogP contribution in [-0.2, 0) is 19.1 Å². The Balaban J connectivity index is 1.75. The molecule has 10 heteroatoms. The van der Waals surface area contributed by atoms with E-state index in [1.807, 2.05) is 0 Å². The van der Waals surface area contributed by atoms with Gasteiger partial charge in [-0.05, 0) is 42.9 Å². The maximum absolute atomic E-state index is 12.7. The molecule has 9 nitrogen and oxygen atoms in total. The fourth-order valence-electron chi connectivity index (χ4n) is 4.27. The van der Waals surface area contributed by atoms with Crippen LogP contribution in [0.15, 0.2) is 24.3 Å². The van der Waals surface area contributed by atoms with Crippen molar-refractivity contribution in [1.82, 2.24) is 15.5 Å². The molecule has 2 rings (SSSR count). The summed E-state index contributed by atoms with van der Waals surface area (Å²) in [4.78, 5) is 50.7. The topological polar surface area (TPSA) is 114 Å². The van der Waals surface area contributed by atoms with Gasteiger partial charge in [-0.3, -0.25) is 19.7 Å². The molecule has 210 valence electrons. The van der Waals surface area contributed by atoms with Crippen LogP contribution in [0.4, 0.5) is 0 Å². The molecular weight excluding hydrogens is 506 g/mol. The van der Waals surface area contributed by atoms with E-state index in [1.165, 1.54) is 81.2 Å². The molecule has 0 spiro atoms. The minimum Gasteiger partial charge on any atom is -0.466 e. The molecule has 1 aromatic rings. The molecule has 0 saturated carbocycles. The third kappa shape index (κ3) is 10.8. The van der Waals surface area contributed by atoms with Gasteiger partial charge in [0.25, 0.3) is 5.91 Å². The van der Waals surface area contributed by atoms with Crippen molar-refractivity contribution in [2.24, 2.45) is 0 Å². The zero-order valence-corrected chi connectivity index (χ0v) is 23.4. The van der Waals surface area contributed by atoms with Gasteiger partial charge in [0.1, 0.15) is 6.04 Å². The highest BCUT2D eigenvalue weighted by molar-refractivity contribution is 7.80. The summed E-state index contributed by atoms with van der Waals surface area (Å²) < 4.78 is 10.0. The van der Waals surface area contributed by atoms with Gasteiger partial charge in [-0.2, -0.15) is 0 Å². The van der Waals surface area contributed by atoms with Gasteiger partial charge in [-0.25, -0.2) is 4.79 Å². The van der Waals surface area contributed by atoms with Gasteiger partial charge in [-0.1, -0.05) is 64.7 Å². The summed E-state index contributed by atoms with van der Waals surface area (Å²) >= 11 is 5.39. The predicted molar refractivity (Wildman–Crippen MR) is 149 cm³/mol. The molecule has 1 fully saturated rings. The molecule has 2 N–H and O–H groups in total. The third-order valence-electron chi connectivity index (χ3n) is 6.50. The SMILES string of the molecule is CCCCCCCCCCCCOC(=O)CC1C(=O)NCCN1C(=S)NC(=O)c1ccc(C(=O)OC)cc1. The van der Waals surface area contributed by atoms with E-state index in [1.54, 1.807) is 0 Å². The lowest BCUT2D eigenvalue weighted by molar-refractivity contribution is -0.147.